The van der Waals surface area contributed by atoms with E-state index in [4.69, 9.17) is 35.5 Å². The number of carboxylic acids is 2. The molecule has 11 heteroatoms. The van der Waals surface area contributed by atoms with E-state index < -0.39 is 24.9 Å². The van der Waals surface area contributed by atoms with Crippen molar-refractivity contribution in [1.82, 2.24) is 6.15 Å². The molecule has 0 aromatic heterocycles. The maximum atomic E-state index is 9.10. The van der Waals surface area contributed by atoms with Gasteiger partial charge in [-0.05, 0) is 0 Å². The maximum absolute atomic E-state index is 9.10. The fraction of sp³-hybridized carbons (Fsp3) is 0. The first-order valence-electron chi connectivity index (χ1n) is 1.74. The van der Waals surface area contributed by atoms with E-state index in [1.807, 2.05) is 0 Å². The first-order chi connectivity index (χ1) is 4.64. The van der Waals surface area contributed by atoms with Crippen LogP contribution in [-0.4, -0.2) is 77.7 Å². The van der Waals surface area contributed by atoms with Crippen molar-refractivity contribution in [2.75, 3.05) is 0 Å². The molecule has 13 heavy (non-hydrogen) atoms. The molecule has 6 N–H and O–H groups in total. The van der Waals surface area contributed by atoms with E-state index in [1.54, 1.807) is 0 Å². The molecule has 0 unspecified atom stereocenters. The van der Waals surface area contributed by atoms with Crippen LogP contribution in [0.4, 0.5) is 0 Å². The first-order valence-corrected chi connectivity index (χ1v) is 3.71. The van der Waals surface area contributed by atoms with Crippen molar-refractivity contribution in [3.05, 3.63) is 0 Å². The van der Waals surface area contributed by atoms with Gasteiger partial charge in [-0.15, -0.1) is 0 Å². The number of carboxylic acid groups (broad SMARTS) is 2. The Morgan fingerprint density at radius 1 is 0.923 bits per heavy atom. The third-order valence-electron chi connectivity index (χ3n) is 0.183. The van der Waals surface area contributed by atoms with Gasteiger partial charge >= 0.3 is 92.0 Å². The monoisotopic (exact) mass is 267 g/mol. The minimum absolute atomic E-state index is 0. The summed E-state index contributed by atoms with van der Waals surface area (Å²) >= 11 is -5.38. The quantitative estimate of drug-likeness (QED) is 0.278. The predicted molar refractivity (Wildman–Crippen MR) is 31.7 cm³/mol. The molecule has 0 atom stereocenters. The molecule has 0 aliphatic heterocycles. The number of aliphatic carboxylic acids is 2. The van der Waals surface area contributed by atoms with Gasteiger partial charge in [0.05, 0.1) is 0 Å². The van der Waals surface area contributed by atoms with Gasteiger partial charge in [-0.25, -0.2) is 9.59 Å². The zero-order valence-corrected chi connectivity index (χ0v) is 6.65. The standard InChI is InChI=1S/C2H2O4.K.Mn.H3N.H2O.3O.H/c3-1(4)2(5)6;;;;;;;;/h(H,3,4)(H,5,6);;;1H3;1H2;;;;/q;;+1;;;;;;/p-1. The summed E-state index contributed by atoms with van der Waals surface area (Å²) in [7, 11) is 0. The normalized spacial score (nSPS) is 7.77. The van der Waals surface area contributed by atoms with Crippen LogP contribution in [0.3, 0.4) is 0 Å². The average Bonchev–Trinajstić information content (AvgIpc) is 1.59. The second-order valence-corrected chi connectivity index (χ2v) is 2.24. The van der Waals surface area contributed by atoms with E-state index in [-0.39, 0.29) is 57.5 Å². The Morgan fingerprint density at radius 2 is 1.00 bits per heavy atom. The van der Waals surface area contributed by atoms with Crippen LogP contribution in [0, 0.1) is 0 Å². The second-order valence-electron chi connectivity index (χ2n) is 1.01. The van der Waals surface area contributed by atoms with Crippen LogP contribution in [0.15, 0.2) is 0 Å². The molecule has 0 rings (SSSR count). The van der Waals surface area contributed by atoms with Crippen molar-refractivity contribution in [3.8, 4) is 0 Å². The van der Waals surface area contributed by atoms with E-state index in [9.17, 15) is 0 Å². The van der Waals surface area contributed by atoms with E-state index >= 15 is 0 Å². The second kappa shape index (κ2) is 10.5. The molecule has 0 aliphatic carbocycles. The first kappa shape index (κ1) is 23.3. The van der Waals surface area contributed by atoms with Crippen molar-refractivity contribution >= 4 is 63.3 Å². The van der Waals surface area contributed by atoms with Gasteiger partial charge in [0, 0.05) is 0 Å². The Hall–Kier alpha value is 0.416. The van der Waals surface area contributed by atoms with Gasteiger partial charge in [-0.3, -0.25) is 0 Å². The summed E-state index contributed by atoms with van der Waals surface area (Å²) in [6.07, 6.45) is 0. The summed E-state index contributed by atoms with van der Waals surface area (Å²) in [4.78, 5) is 18.2. The van der Waals surface area contributed by atoms with Crippen LogP contribution in [0.2, 0.25) is 0 Å². The predicted octanol–water partition coefficient (Wildman–Crippen LogP) is -2.25. The third-order valence-corrected chi connectivity index (χ3v) is 0.183. The number of hydrogen-bond donors (Lipinski definition) is 4. The molecule has 0 amide bonds. The Labute approximate surface area is 116 Å². The van der Waals surface area contributed by atoms with Gasteiger partial charge in [-0.1, -0.05) is 0 Å². The van der Waals surface area contributed by atoms with Crippen molar-refractivity contribution in [1.29, 1.82) is 0 Å². The molecule has 0 aromatic rings. The number of hydrogen-bond acceptors (Lipinski definition) is 6. The summed E-state index contributed by atoms with van der Waals surface area (Å²) in [5.74, 6) is -3.65. The Kier molecular flexibility index (Phi) is 18.8. The molecule has 0 aromatic carbocycles. The fourth-order valence-electron chi connectivity index (χ4n) is 0. The zero-order valence-electron chi connectivity index (χ0n) is 5.47. The summed E-state index contributed by atoms with van der Waals surface area (Å²) in [6.45, 7) is 0. The number of rotatable bonds is 0. The van der Waals surface area contributed by atoms with Gasteiger partial charge in [0.2, 0.25) is 0 Å². The third kappa shape index (κ3) is 69.1. The molecule has 0 bridgehead atoms. The van der Waals surface area contributed by atoms with Crippen LogP contribution in [0.25, 0.3) is 0 Å². The molecular formula is C2H7KMnNO8. The summed E-state index contributed by atoms with van der Waals surface area (Å²) < 4.78 is 33.1. The van der Waals surface area contributed by atoms with Crippen LogP contribution in [-0.2, 0) is 34.1 Å². The molecular weight excluding hydrogens is 260 g/mol. The molecule has 0 fully saturated rings. The van der Waals surface area contributed by atoms with E-state index in [0.717, 1.165) is 0 Å². The van der Waals surface area contributed by atoms with Crippen LogP contribution < -0.4 is 6.15 Å². The summed E-state index contributed by atoms with van der Waals surface area (Å²) in [6, 6.07) is 0. The molecule has 0 saturated carbocycles. The Balaban J connectivity index is -0.0000000546. The average molecular weight is 267 g/mol. The molecule has 0 heterocycles. The topological polar surface area (TPSA) is 181 Å². The molecule has 0 radical (unpaired) electrons. The SMILES string of the molecule is N.O=C(O)C(=O)O.[KH].[O]=[Mn](=[O])(=[O])[OH]. The van der Waals surface area contributed by atoms with Gasteiger partial charge in [0.1, 0.15) is 0 Å². The fourth-order valence-corrected chi connectivity index (χ4v) is 0. The van der Waals surface area contributed by atoms with Crippen molar-refractivity contribution in [2.45, 2.75) is 0 Å². The Morgan fingerprint density at radius 3 is 1.00 bits per heavy atom. The Bertz CT molecular complexity index is 272. The molecule has 76 valence electrons. The minimum atomic E-state index is -5.38. The van der Waals surface area contributed by atoms with Gasteiger partial charge < -0.3 is 16.4 Å². The van der Waals surface area contributed by atoms with Crippen LogP contribution >= 0.6 is 0 Å². The van der Waals surface area contributed by atoms with Crippen molar-refractivity contribution < 1.29 is 48.5 Å². The van der Waals surface area contributed by atoms with Crippen LogP contribution in [0.1, 0.15) is 0 Å². The number of carbonyl (C=O) groups is 2. The van der Waals surface area contributed by atoms with E-state index in [1.165, 1.54) is 0 Å². The summed E-state index contributed by atoms with van der Waals surface area (Å²) in [5.41, 5.74) is 0. The van der Waals surface area contributed by atoms with Gasteiger partial charge in [-0.2, -0.15) is 0 Å². The molecule has 0 saturated heterocycles. The summed E-state index contributed by atoms with van der Waals surface area (Å²) in [5, 5.41) is 14.8. The zero-order chi connectivity index (χ0) is 9.65. The van der Waals surface area contributed by atoms with Gasteiger partial charge in [0.15, 0.2) is 0 Å². The molecule has 0 aliphatic rings. The van der Waals surface area contributed by atoms with Gasteiger partial charge in [0.25, 0.3) is 0 Å². The van der Waals surface area contributed by atoms with Crippen molar-refractivity contribution in [2.24, 2.45) is 0 Å². The van der Waals surface area contributed by atoms with E-state index in [2.05, 4.69) is 0 Å². The molecule has 9 nitrogen and oxygen atoms in total. The van der Waals surface area contributed by atoms with Crippen LogP contribution in [0.5, 0.6) is 0 Å². The van der Waals surface area contributed by atoms with E-state index in [0.29, 0.717) is 0 Å². The van der Waals surface area contributed by atoms with Crippen molar-refractivity contribution in [3.63, 3.8) is 0 Å². The molecule has 0 spiro atoms.